The van der Waals surface area contributed by atoms with Gasteiger partial charge in [-0.05, 0) is 24.0 Å². The number of nitrogens with zero attached hydrogens (tertiary/aromatic N) is 2. The number of aliphatic hydroxyl groups is 1. The van der Waals surface area contributed by atoms with Gasteiger partial charge in [0, 0.05) is 6.54 Å². The topological polar surface area (TPSA) is 71.2 Å². The molecule has 98 valence electrons. The van der Waals surface area contributed by atoms with E-state index in [-0.39, 0.29) is 18.1 Å². The molecule has 19 heavy (non-hydrogen) atoms. The van der Waals surface area contributed by atoms with Gasteiger partial charge < -0.3 is 14.9 Å². The van der Waals surface area contributed by atoms with Crippen LogP contribution in [-0.4, -0.2) is 27.9 Å². The van der Waals surface area contributed by atoms with Crippen molar-refractivity contribution >= 4 is 0 Å². The molecule has 1 aliphatic carbocycles. The van der Waals surface area contributed by atoms with Crippen molar-refractivity contribution in [1.82, 2.24) is 15.5 Å². The van der Waals surface area contributed by atoms with E-state index < -0.39 is 0 Å². The predicted molar refractivity (Wildman–Crippen MR) is 67.7 cm³/mol. The Morgan fingerprint density at radius 3 is 3.00 bits per heavy atom. The lowest BCUT2D eigenvalue weighted by molar-refractivity contribution is 0.191. The Kier molecular flexibility index (Phi) is 2.43. The number of hydrogen-bond acceptors (Lipinski definition) is 5. The van der Waals surface area contributed by atoms with Gasteiger partial charge in [0.05, 0.1) is 18.1 Å². The van der Waals surface area contributed by atoms with Gasteiger partial charge in [-0.3, -0.25) is 0 Å². The smallest absolute Gasteiger partial charge is 0.243 e. The fraction of sp³-hybridized carbons (Fsp3) is 0.429. The molecule has 2 aromatic rings. The van der Waals surface area contributed by atoms with Crippen LogP contribution >= 0.6 is 0 Å². The molecule has 1 aromatic carbocycles. The summed E-state index contributed by atoms with van der Waals surface area (Å²) in [5, 5.41) is 16.8. The van der Waals surface area contributed by atoms with Crippen LogP contribution in [0.25, 0.3) is 0 Å². The summed E-state index contributed by atoms with van der Waals surface area (Å²) in [5.74, 6) is 1.62. The number of nitrogens with one attached hydrogen (secondary N) is 1. The molecule has 1 aromatic heterocycles. The first-order valence-electron chi connectivity index (χ1n) is 6.64. The van der Waals surface area contributed by atoms with Gasteiger partial charge in [0.25, 0.3) is 0 Å². The average molecular weight is 257 g/mol. The molecule has 0 radical (unpaired) electrons. The minimum Gasteiger partial charge on any atom is -0.392 e. The monoisotopic (exact) mass is 257 g/mol. The van der Waals surface area contributed by atoms with Crippen LogP contribution in [0, 0.1) is 0 Å². The molecule has 2 N–H and O–H groups in total. The molecule has 0 spiro atoms. The van der Waals surface area contributed by atoms with E-state index in [0.29, 0.717) is 18.9 Å². The van der Waals surface area contributed by atoms with E-state index in [9.17, 15) is 5.11 Å². The summed E-state index contributed by atoms with van der Waals surface area (Å²) in [6.07, 6.45) is 1.31. The van der Waals surface area contributed by atoms with Crippen LogP contribution < -0.4 is 5.32 Å². The predicted octanol–water partition coefficient (Wildman–Crippen LogP) is 1.15. The standard InChI is InChI=1S/C14H15N3O2/c18-9-6-12(15-7-9)14-16-13(17-19-14)11-5-8-3-1-2-4-10(8)11/h1-4,9,11-12,15,18H,5-7H2/t9-,11?,12-/m1/s1. The van der Waals surface area contributed by atoms with E-state index in [1.54, 1.807) is 0 Å². The van der Waals surface area contributed by atoms with E-state index >= 15 is 0 Å². The second-order valence-corrected chi connectivity index (χ2v) is 5.30. The number of hydrogen-bond donors (Lipinski definition) is 2. The Morgan fingerprint density at radius 2 is 2.21 bits per heavy atom. The third-order valence-corrected chi connectivity index (χ3v) is 4.03. The van der Waals surface area contributed by atoms with Gasteiger partial charge in [0.1, 0.15) is 0 Å². The summed E-state index contributed by atoms with van der Waals surface area (Å²) in [6.45, 7) is 0.592. The zero-order valence-corrected chi connectivity index (χ0v) is 10.4. The van der Waals surface area contributed by atoms with Crippen LogP contribution in [0.2, 0.25) is 0 Å². The minimum atomic E-state index is -0.315. The zero-order valence-electron chi connectivity index (χ0n) is 10.4. The average Bonchev–Trinajstić information content (AvgIpc) is 3.00. The largest absolute Gasteiger partial charge is 0.392 e. The van der Waals surface area contributed by atoms with Crippen LogP contribution in [-0.2, 0) is 6.42 Å². The SMILES string of the molecule is O[C@H]1CN[C@@H](c2nc(C3Cc4ccccc43)no2)C1. The molecule has 1 unspecified atom stereocenters. The summed E-state index contributed by atoms with van der Waals surface area (Å²) < 4.78 is 5.33. The summed E-state index contributed by atoms with van der Waals surface area (Å²) in [4.78, 5) is 4.50. The third-order valence-electron chi connectivity index (χ3n) is 4.03. The van der Waals surface area contributed by atoms with Gasteiger partial charge in [0.2, 0.25) is 5.89 Å². The maximum Gasteiger partial charge on any atom is 0.243 e. The molecule has 1 fully saturated rings. The molecule has 0 bridgehead atoms. The van der Waals surface area contributed by atoms with E-state index in [1.807, 2.05) is 6.07 Å². The van der Waals surface area contributed by atoms with Crippen LogP contribution in [0.4, 0.5) is 0 Å². The van der Waals surface area contributed by atoms with E-state index in [0.717, 1.165) is 12.2 Å². The van der Waals surface area contributed by atoms with Crippen molar-refractivity contribution in [2.75, 3.05) is 6.54 Å². The van der Waals surface area contributed by atoms with Crippen molar-refractivity contribution in [2.24, 2.45) is 0 Å². The number of aromatic nitrogens is 2. The van der Waals surface area contributed by atoms with Crippen molar-refractivity contribution in [3.8, 4) is 0 Å². The highest BCUT2D eigenvalue weighted by atomic mass is 16.5. The lowest BCUT2D eigenvalue weighted by atomic mass is 9.77. The highest BCUT2D eigenvalue weighted by Crippen LogP contribution is 2.38. The Labute approximate surface area is 110 Å². The molecule has 3 atom stereocenters. The first-order chi connectivity index (χ1) is 9.31. The van der Waals surface area contributed by atoms with Crippen LogP contribution in [0.1, 0.15) is 41.2 Å². The molecule has 1 aliphatic heterocycles. The van der Waals surface area contributed by atoms with Crippen molar-refractivity contribution in [3.63, 3.8) is 0 Å². The van der Waals surface area contributed by atoms with Crippen LogP contribution in [0.3, 0.4) is 0 Å². The van der Waals surface area contributed by atoms with Crippen LogP contribution in [0.5, 0.6) is 0 Å². The Balaban J connectivity index is 1.57. The summed E-state index contributed by atoms with van der Waals surface area (Å²) in [5.41, 5.74) is 2.67. The normalized spacial score (nSPS) is 29.0. The lowest BCUT2D eigenvalue weighted by Crippen LogP contribution is -2.19. The van der Waals surface area contributed by atoms with Crippen LogP contribution in [0.15, 0.2) is 28.8 Å². The molecular formula is C14H15N3O2. The summed E-state index contributed by atoms with van der Waals surface area (Å²) >= 11 is 0. The number of rotatable bonds is 2. The molecule has 2 heterocycles. The Hall–Kier alpha value is -1.72. The van der Waals surface area contributed by atoms with Gasteiger partial charge >= 0.3 is 0 Å². The van der Waals surface area contributed by atoms with Gasteiger partial charge in [0.15, 0.2) is 5.82 Å². The number of fused-ring (bicyclic) bond motifs is 1. The van der Waals surface area contributed by atoms with Gasteiger partial charge in [-0.1, -0.05) is 29.4 Å². The lowest BCUT2D eigenvalue weighted by Gasteiger charge is -2.27. The van der Waals surface area contributed by atoms with E-state index in [2.05, 4.69) is 33.7 Å². The summed E-state index contributed by atoms with van der Waals surface area (Å²) in [6, 6.07) is 8.35. The first-order valence-corrected chi connectivity index (χ1v) is 6.64. The number of benzene rings is 1. The Morgan fingerprint density at radius 1 is 1.32 bits per heavy atom. The second kappa shape index (κ2) is 4.15. The van der Waals surface area contributed by atoms with Crippen molar-refractivity contribution < 1.29 is 9.63 Å². The van der Waals surface area contributed by atoms with Crippen molar-refractivity contribution in [1.29, 1.82) is 0 Å². The fourth-order valence-corrected chi connectivity index (χ4v) is 2.92. The summed E-state index contributed by atoms with van der Waals surface area (Å²) in [7, 11) is 0. The molecular weight excluding hydrogens is 242 g/mol. The molecule has 5 heteroatoms. The molecule has 2 aliphatic rings. The quantitative estimate of drug-likeness (QED) is 0.844. The second-order valence-electron chi connectivity index (χ2n) is 5.30. The number of β-amino-alcohol motifs (C(OH)–C–C–N with tert-alkyl or cyclic N) is 1. The zero-order chi connectivity index (χ0) is 12.8. The highest BCUT2D eigenvalue weighted by molar-refractivity contribution is 5.43. The maximum absolute atomic E-state index is 9.51. The Bertz CT molecular complexity index is 610. The minimum absolute atomic E-state index is 0.00781. The van der Waals surface area contributed by atoms with Crippen molar-refractivity contribution in [2.45, 2.75) is 30.9 Å². The molecule has 4 rings (SSSR count). The van der Waals surface area contributed by atoms with Gasteiger partial charge in [-0.25, -0.2) is 0 Å². The molecule has 0 amide bonds. The van der Waals surface area contributed by atoms with E-state index in [1.165, 1.54) is 11.1 Å². The van der Waals surface area contributed by atoms with Gasteiger partial charge in [-0.2, -0.15) is 4.98 Å². The molecule has 0 saturated carbocycles. The molecule has 1 saturated heterocycles. The third kappa shape index (κ3) is 1.77. The fourth-order valence-electron chi connectivity index (χ4n) is 2.92. The van der Waals surface area contributed by atoms with E-state index in [4.69, 9.17) is 4.52 Å². The number of aliphatic hydroxyl groups excluding tert-OH is 1. The highest BCUT2D eigenvalue weighted by Gasteiger charge is 2.33. The molecule has 5 nitrogen and oxygen atoms in total. The van der Waals surface area contributed by atoms with Crippen molar-refractivity contribution in [3.05, 3.63) is 47.1 Å². The van der Waals surface area contributed by atoms with Gasteiger partial charge in [-0.15, -0.1) is 0 Å². The maximum atomic E-state index is 9.51. The first kappa shape index (κ1) is 11.1.